The van der Waals surface area contributed by atoms with Crippen LogP contribution in [-0.2, 0) is 6.54 Å². The first-order valence-electron chi connectivity index (χ1n) is 6.04. The lowest BCUT2D eigenvalue weighted by Gasteiger charge is -1.98. The van der Waals surface area contributed by atoms with Crippen molar-refractivity contribution in [3.8, 4) is 21.0 Å². The molecule has 2 N–H and O–H groups in total. The molecule has 0 aliphatic heterocycles. The Hall–Kier alpha value is -2.04. The molecule has 3 rings (SSSR count). The molecule has 94 valence electrons. The molecular weight excluding hydrogens is 254 g/mol. The van der Waals surface area contributed by atoms with Crippen LogP contribution in [-0.4, -0.2) is 9.97 Å². The Morgan fingerprint density at radius 2 is 1.68 bits per heavy atom. The van der Waals surface area contributed by atoms with E-state index in [1.807, 2.05) is 30.3 Å². The number of rotatable bonds is 3. The summed E-state index contributed by atoms with van der Waals surface area (Å²) in [5.41, 5.74) is 9.01. The number of hydrogen-bond acceptors (Lipinski definition) is 4. The smallest absolute Gasteiger partial charge is 0.124 e. The molecule has 0 spiro atoms. The molecule has 0 aliphatic rings. The van der Waals surface area contributed by atoms with Gasteiger partial charge in [-0.2, -0.15) is 0 Å². The summed E-state index contributed by atoms with van der Waals surface area (Å²) >= 11 is 1.67. The average molecular weight is 267 g/mol. The van der Waals surface area contributed by atoms with E-state index in [1.54, 1.807) is 23.7 Å². The molecule has 0 radical (unpaired) electrons. The van der Waals surface area contributed by atoms with Gasteiger partial charge in [-0.25, -0.2) is 4.98 Å². The van der Waals surface area contributed by atoms with Crippen LogP contribution in [0.3, 0.4) is 0 Å². The fraction of sp³-hybridized carbons (Fsp3) is 0.0667. The molecule has 0 fully saturated rings. The second-order valence-electron chi connectivity index (χ2n) is 4.10. The SMILES string of the molecule is NCc1nc(-c2ccncc2)sc1-c1ccccc1. The second kappa shape index (κ2) is 5.30. The highest BCUT2D eigenvalue weighted by atomic mass is 32.1. The third kappa shape index (κ3) is 2.41. The van der Waals surface area contributed by atoms with Crippen LogP contribution in [0.4, 0.5) is 0 Å². The minimum absolute atomic E-state index is 0.450. The van der Waals surface area contributed by atoms with Crippen molar-refractivity contribution in [1.29, 1.82) is 0 Å². The Labute approximate surface area is 115 Å². The largest absolute Gasteiger partial charge is 0.325 e. The van der Waals surface area contributed by atoms with Gasteiger partial charge in [0.2, 0.25) is 0 Å². The van der Waals surface area contributed by atoms with Crippen LogP contribution in [0.5, 0.6) is 0 Å². The van der Waals surface area contributed by atoms with Crippen LogP contribution in [0.2, 0.25) is 0 Å². The number of aromatic nitrogens is 2. The molecule has 3 nitrogen and oxygen atoms in total. The normalized spacial score (nSPS) is 10.6. The molecule has 0 saturated carbocycles. The summed E-state index contributed by atoms with van der Waals surface area (Å²) < 4.78 is 0. The van der Waals surface area contributed by atoms with Crippen molar-refractivity contribution in [3.63, 3.8) is 0 Å². The third-order valence-electron chi connectivity index (χ3n) is 2.85. The van der Waals surface area contributed by atoms with Crippen molar-refractivity contribution < 1.29 is 0 Å². The third-order valence-corrected chi connectivity index (χ3v) is 4.05. The number of hydrogen-bond donors (Lipinski definition) is 1. The molecule has 2 heterocycles. The predicted molar refractivity (Wildman–Crippen MR) is 78.7 cm³/mol. The average Bonchev–Trinajstić information content (AvgIpc) is 2.93. The van der Waals surface area contributed by atoms with Crippen LogP contribution < -0.4 is 5.73 Å². The van der Waals surface area contributed by atoms with Gasteiger partial charge in [0.05, 0.1) is 10.6 Å². The van der Waals surface area contributed by atoms with Gasteiger partial charge in [0.15, 0.2) is 0 Å². The molecule has 1 aromatic carbocycles. The molecule has 3 aromatic rings. The lowest BCUT2D eigenvalue weighted by atomic mass is 10.1. The van der Waals surface area contributed by atoms with Crippen LogP contribution in [0.1, 0.15) is 5.69 Å². The van der Waals surface area contributed by atoms with Crippen molar-refractivity contribution in [1.82, 2.24) is 9.97 Å². The fourth-order valence-electron chi connectivity index (χ4n) is 1.92. The van der Waals surface area contributed by atoms with E-state index in [4.69, 9.17) is 5.73 Å². The zero-order valence-electron chi connectivity index (χ0n) is 10.3. The topological polar surface area (TPSA) is 51.8 Å². The van der Waals surface area contributed by atoms with Crippen molar-refractivity contribution in [3.05, 3.63) is 60.6 Å². The number of nitrogens with two attached hydrogens (primary N) is 1. The molecule has 0 aliphatic carbocycles. The van der Waals surface area contributed by atoms with Gasteiger partial charge in [-0.05, 0) is 17.7 Å². The first kappa shape index (κ1) is 12.0. The van der Waals surface area contributed by atoms with E-state index in [1.165, 1.54) is 5.56 Å². The van der Waals surface area contributed by atoms with Crippen LogP contribution in [0.15, 0.2) is 54.9 Å². The lowest BCUT2D eigenvalue weighted by molar-refractivity contribution is 1.02. The van der Waals surface area contributed by atoms with E-state index in [9.17, 15) is 0 Å². The van der Waals surface area contributed by atoms with E-state index in [-0.39, 0.29) is 0 Å². The summed E-state index contributed by atoms with van der Waals surface area (Å²) in [7, 11) is 0. The van der Waals surface area contributed by atoms with Gasteiger partial charge in [-0.3, -0.25) is 4.98 Å². The molecule has 2 aromatic heterocycles. The van der Waals surface area contributed by atoms with Crippen LogP contribution in [0, 0.1) is 0 Å². The van der Waals surface area contributed by atoms with Crippen molar-refractivity contribution in [2.75, 3.05) is 0 Å². The molecule has 0 unspecified atom stereocenters. The molecule has 19 heavy (non-hydrogen) atoms. The van der Waals surface area contributed by atoms with Gasteiger partial charge >= 0.3 is 0 Å². The first-order chi connectivity index (χ1) is 9.38. The van der Waals surface area contributed by atoms with Gasteiger partial charge in [0.1, 0.15) is 5.01 Å². The predicted octanol–water partition coefficient (Wildman–Crippen LogP) is 3.33. The summed E-state index contributed by atoms with van der Waals surface area (Å²) in [5.74, 6) is 0. The van der Waals surface area contributed by atoms with Gasteiger partial charge < -0.3 is 5.73 Å². The van der Waals surface area contributed by atoms with E-state index in [0.29, 0.717) is 6.54 Å². The van der Waals surface area contributed by atoms with E-state index < -0.39 is 0 Å². The van der Waals surface area contributed by atoms with Gasteiger partial charge in [0, 0.05) is 24.5 Å². The van der Waals surface area contributed by atoms with Crippen LogP contribution in [0.25, 0.3) is 21.0 Å². The highest BCUT2D eigenvalue weighted by molar-refractivity contribution is 7.18. The minimum Gasteiger partial charge on any atom is -0.325 e. The second-order valence-corrected chi connectivity index (χ2v) is 5.10. The van der Waals surface area contributed by atoms with E-state index >= 15 is 0 Å². The first-order valence-corrected chi connectivity index (χ1v) is 6.85. The highest BCUT2D eigenvalue weighted by Gasteiger charge is 2.12. The maximum absolute atomic E-state index is 5.81. The lowest BCUT2D eigenvalue weighted by Crippen LogP contribution is -1.98. The number of benzene rings is 1. The summed E-state index contributed by atoms with van der Waals surface area (Å²) in [6.07, 6.45) is 3.56. The Bertz CT molecular complexity index is 662. The standard InChI is InChI=1S/C15H13N3S/c16-10-13-14(11-4-2-1-3-5-11)19-15(18-13)12-6-8-17-9-7-12/h1-9H,10,16H2. The highest BCUT2D eigenvalue weighted by Crippen LogP contribution is 2.34. The number of thiazole rings is 1. The summed E-state index contributed by atoms with van der Waals surface area (Å²) in [6.45, 7) is 0.450. The molecule has 4 heteroatoms. The fourth-order valence-corrected chi connectivity index (χ4v) is 3.03. The Morgan fingerprint density at radius 3 is 2.37 bits per heavy atom. The zero-order valence-corrected chi connectivity index (χ0v) is 11.1. The van der Waals surface area contributed by atoms with Gasteiger partial charge in [-0.1, -0.05) is 30.3 Å². The molecule has 0 bridgehead atoms. The quantitative estimate of drug-likeness (QED) is 0.792. The monoisotopic (exact) mass is 267 g/mol. The summed E-state index contributed by atoms with van der Waals surface area (Å²) in [4.78, 5) is 9.82. The summed E-state index contributed by atoms with van der Waals surface area (Å²) in [6, 6.07) is 14.2. The van der Waals surface area contributed by atoms with Gasteiger partial charge in [-0.15, -0.1) is 11.3 Å². The van der Waals surface area contributed by atoms with Crippen molar-refractivity contribution in [2.45, 2.75) is 6.54 Å². The van der Waals surface area contributed by atoms with Crippen LogP contribution >= 0.6 is 11.3 Å². The minimum atomic E-state index is 0.450. The molecule has 0 saturated heterocycles. The Morgan fingerprint density at radius 1 is 0.947 bits per heavy atom. The van der Waals surface area contributed by atoms with E-state index in [0.717, 1.165) is 21.1 Å². The maximum Gasteiger partial charge on any atom is 0.124 e. The molecular formula is C15H13N3S. The van der Waals surface area contributed by atoms with E-state index in [2.05, 4.69) is 22.1 Å². The summed E-state index contributed by atoms with van der Waals surface area (Å²) in [5, 5.41) is 0.988. The number of pyridine rings is 1. The number of nitrogens with zero attached hydrogens (tertiary/aromatic N) is 2. The maximum atomic E-state index is 5.81. The van der Waals surface area contributed by atoms with Crippen molar-refractivity contribution in [2.24, 2.45) is 5.73 Å². The molecule has 0 atom stereocenters. The van der Waals surface area contributed by atoms with Gasteiger partial charge in [0.25, 0.3) is 0 Å². The van der Waals surface area contributed by atoms with Crippen molar-refractivity contribution >= 4 is 11.3 Å². The Kier molecular flexibility index (Phi) is 3.35. The Balaban J connectivity index is 2.09. The zero-order chi connectivity index (χ0) is 13.1. The molecule has 0 amide bonds.